The predicted molar refractivity (Wildman–Crippen MR) is 73.0 cm³/mol. The number of rotatable bonds is 1. The number of hydrogen-bond donors (Lipinski definition) is 0. The van der Waals surface area contributed by atoms with Crippen molar-refractivity contribution in [3.63, 3.8) is 0 Å². The van der Waals surface area contributed by atoms with Gasteiger partial charge in [-0.05, 0) is 31.2 Å². The van der Waals surface area contributed by atoms with E-state index in [9.17, 15) is 9.59 Å². The van der Waals surface area contributed by atoms with Gasteiger partial charge >= 0.3 is 0 Å². The number of fused-ring (bicyclic) bond motifs is 1. The number of carbonyl (C=O) groups is 2. The number of benzene rings is 1. The second-order valence-corrected chi connectivity index (χ2v) is 5.57. The molecule has 1 atom stereocenters. The molecule has 2 aliphatic rings. The average Bonchev–Trinajstić information content (AvgIpc) is 2.47. The lowest BCUT2D eigenvalue weighted by atomic mass is 9.82. The molecule has 1 heterocycles. The number of hydrogen-bond acceptors (Lipinski definition) is 2. The van der Waals surface area contributed by atoms with Gasteiger partial charge in [0.15, 0.2) is 5.78 Å². The van der Waals surface area contributed by atoms with Crippen LogP contribution in [0.4, 0.5) is 0 Å². The number of nitrogens with zero attached hydrogens (tertiary/aromatic N) is 1. The van der Waals surface area contributed by atoms with E-state index in [1.807, 2.05) is 29.2 Å². The van der Waals surface area contributed by atoms with Gasteiger partial charge in [0.25, 0.3) is 0 Å². The van der Waals surface area contributed by atoms with Gasteiger partial charge in [-0.2, -0.15) is 0 Å². The minimum atomic E-state index is -0.138. The molecule has 3 rings (SSSR count). The van der Waals surface area contributed by atoms with Crippen LogP contribution in [0.3, 0.4) is 0 Å². The summed E-state index contributed by atoms with van der Waals surface area (Å²) in [5.74, 6) is 0.167. The van der Waals surface area contributed by atoms with E-state index in [4.69, 9.17) is 0 Å². The van der Waals surface area contributed by atoms with Crippen LogP contribution in [0.25, 0.3) is 0 Å². The minimum absolute atomic E-state index is 0.122. The molecule has 1 saturated heterocycles. The van der Waals surface area contributed by atoms with Gasteiger partial charge in [0.2, 0.25) is 5.91 Å². The van der Waals surface area contributed by atoms with Crippen LogP contribution in [0.5, 0.6) is 0 Å². The molecular weight excluding hydrogens is 238 g/mol. The van der Waals surface area contributed by atoms with E-state index < -0.39 is 0 Å². The Morgan fingerprint density at radius 2 is 1.79 bits per heavy atom. The van der Waals surface area contributed by atoms with Gasteiger partial charge in [-0.15, -0.1) is 0 Å². The third kappa shape index (κ3) is 2.42. The molecule has 0 bridgehead atoms. The van der Waals surface area contributed by atoms with Crippen LogP contribution >= 0.6 is 0 Å². The highest BCUT2D eigenvalue weighted by Gasteiger charge is 2.32. The smallest absolute Gasteiger partial charge is 0.226 e. The first-order valence-corrected chi connectivity index (χ1v) is 7.15. The number of carbonyl (C=O) groups excluding carboxylic acids is 2. The van der Waals surface area contributed by atoms with Crippen LogP contribution in [0.15, 0.2) is 24.3 Å². The summed E-state index contributed by atoms with van der Waals surface area (Å²) < 4.78 is 0. The predicted octanol–water partition coefficient (Wildman–Crippen LogP) is 2.44. The van der Waals surface area contributed by atoms with Crippen molar-refractivity contribution in [2.75, 3.05) is 13.1 Å². The molecule has 1 unspecified atom stereocenters. The monoisotopic (exact) mass is 257 g/mol. The Balaban J connectivity index is 1.77. The molecule has 1 amide bonds. The van der Waals surface area contributed by atoms with E-state index in [1.165, 1.54) is 6.42 Å². The Morgan fingerprint density at radius 1 is 1.05 bits per heavy atom. The Morgan fingerprint density at radius 3 is 2.58 bits per heavy atom. The normalized spacial score (nSPS) is 23.1. The van der Waals surface area contributed by atoms with Gasteiger partial charge in [0.05, 0.1) is 0 Å². The first kappa shape index (κ1) is 12.4. The van der Waals surface area contributed by atoms with Crippen LogP contribution < -0.4 is 0 Å². The summed E-state index contributed by atoms with van der Waals surface area (Å²) in [6, 6.07) is 7.69. The molecule has 1 aliphatic heterocycles. The van der Waals surface area contributed by atoms with Crippen molar-refractivity contribution in [2.24, 2.45) is 5.92 Å². The standard InChI is InChI=1S/C16H19NO2/c18-15-11-13(10-12-6-2-3-7-14(12)15)16(19)17-8-4-1-5-9-17/h2-3,6-7,13H,1,4-5,8-11H2. The Labute approximate surface area is 113 Å². The van der Waals surface area contributed by atoms with Crippen molar-refractivity contribution in [2.45, 2.75) is 32.1 Å². The van der Waals surface area contributed by atoms with Crippen molar-refractivity contribution in [1.29, 1.82) is 0 Å². The van der Waals surface area contributed by atoms with E-state index in [1.54, 1.807) is 0 Å². The summed E-state index contributed by atoms with van der Waals surface area (Å²) in [5.41, 5.74) is 1.85. The summed E-state index contributed by atoms with van der Waals surface area (Å²) in [4.78, 5) is 26.5. The van der Waals surface area contributed by atoms with Gasteiger partial charge in [-0.1, -0.05) is 24.3 Å². The topological polar surface area (TPSA) is 37.4 Å². The van der Waals surface area contributed by atoms with Crippen LogP contribution in [0, 0.1) is 5.92 Å². The highest BCUT2D eigenvalue weighted by molar-refractivity contribution is 6.01. The second-order valence-electron chi connectivity index (χ2n) is 5.57. The molecule has 0 spiro atoms. The zero-order chi connectivity index (χ0) is 13.2. The summed E-state index contributed by atoms with van der Waals surface area (Å²) in [7, 11) is 0. The zero-order valence-corrected chi connectivity index (χ0v) is 11.1. The maximum atomic E-state index is 12.5. The molecule has 3 nitrogen and oxygen atoms in total. The fraction of sp³-hybridized carbons (Fsp3) is 0.500. The Bertz CT molecular complexity index is 503. The Kier molecular flexibility index (Phi) is 3.36. The molecule has 0 N–H and O–H groups in total. The number of amides is 1. The molecule has 1 fully saturated rings. The van der Waals surface area contributed by atoms with Crippen LogP contribution in [-0.2, 0) is 11.2 Å². The van der Waals surface area contributed by atoms with E-state index in [2.05, 4.69) is 0 Å². The molecule has 0 aromatic heterocycles. The summed E-state index contributed by atoms with van der Waals surface area (Å²) in [6.07, 6.45) is 4.52. The van der Waals surface area contributed by atoms with E-state index in [-0.39, 0.29) is 17.6 Å². The molecule has 3 heteroatoms. The molecule has 19 heavy (non-hydrogen) atoms. The zero-order valence-electron chi connectivity index (χ0n) is 11.1. The third-order valence-electron chi connectivity index (χ3n) is 4.23. The van der Waals surface area contributed by atoms with Crippen molar-refractivity contribution in [1.82, 2.24) is 4.90 Å². The maximum absolute atomic E-state index is 12.5. The average molecular weight is 257 g/mol. The number of Topliss-reactive ketones (excluding diaryl/α,β-unsaturated/α-hetero) is 1. The van der Waals surface area contributed by atoms with Crippen molar-refractivity contribution in [3.05, 3.63) is 35.4 Å². The third-order valence-corrected chi connectivity index (χ3v) is 4.23. The fourth-order valence-corrected chi connectivity index (χ4v) is 3.19. The van der Waals surface area contributed by atoms with Gasteiger partial charge < -0.3 is 4.90 Å². The quantitative estimate of drug-likeness (QED) is 0.775. The summed E-state index contributed by atoms with van der Waals surface area (Å²) in [5, 5.41) is 0. The molecule has 1 aromatic rings. The molecule has 1 aliphatic carbocycles. The molecule has 0 saturated carbocycles. The molecule has 100 valence electrons. The highest BCUT2D eigenvalue weighted by atomic mass is 16.2. The summed E-state index contributed by atoms with van der Waals surface area (Å²) in [6.45, 7) is 1.73. The van der Waals surface area contributed by atoms with Crippen molar-refractivity contribution >= 4 is 11.7 Å². The summed E-state index contributed by atoms with van der Waals surface area (Å²) >= 11 is 0. The number of ketones is 1. The van der Waals surface area contributed by atoms with E-state index in [0.717, 1.165) is 43.5 Å². The van der Waals surface area contributed by atoms with Gasteiger partial charge in [-0.25, -0.2) is 0 Å². The lowest BCUT2D eigenvalue weighted by Gasteiger charge is -2.32. The first-order valence-electron chi connectivity index (χ1n) is 7.15. The second kappa shape index (κ2) is 5.16. The first-order chi connectivity index (χ1) is 9.25. The minimum Gasteiger partial charge on any atom is -0.342 e. The van der Waals surface area contributed by atoms with Crippen molar-refractivity contribution < 1.29 is 9.59 Å². The van der Waals surface area contributed by atoms with Crippen LogP contribution in [0.2, 0.25) is 0 Å². The molecule has 0 radical (unpaired) electrons. The van der Waals surface area contributed by atoms with Gasteiger partial charge in [0.1, 0.15) is 0 Å². The SMILES string of the molecule is O=C1CC(C(=O)N2CCCCC2)Cc2ccccc21. The molecular formula is C16H19NO2. The largest absolute Gasteiger partial charge is 0.342 e. The molecule has 1 aromatic carbocycles. The lowest BCUT2D eigenvalue weighted by Crippen LogP contribution is -2.42. The Hall–Kier alpha value is -1.64. The highest BCUT2D eigenvalue weighted by Crippen LogP contribution is 2.27. The maximum Gasteiger partial charge on any atom is 0.226 e. The van der Waals surface area contributed by atoms with Gasteiger partial charge in [0, 0.05) is 31.0 Å². The number of piperidine rings is 1. The van der Waals surface area contributed by atoms with Crippen LogP contribution in [0.1, 0.15) is 41.6 Å². The van der Waals surface area contributed by atoms with E-state index >= 15 is 0 Å². The fourth-order valence-electron chi connectivity index (χ4n) is 3.19. The van der Waals surface area contributed by atoms with Gasteiger partial charge in [-0.3, -0.25) is 9.59 Å². The van der Waals surface area contributed by atoms with E-state index in [0.29, 0.717) is 6.42 Å². The number of likely N-dealkylation sites (tertiary alicyclic amines) is 1. The van der Waals surface area contributed by atoms with Crippen LogP contribution in [-0.4, -0.2) is 29.7 Å². The van der Waals surface area contributed by atoms with Crippen molar-refractivity contribution in [3.8, 4) is 0 Å². The lowest BCUT2D eigenvalue weighted by molar-refractivity contribution is -0.136.